The molecule has 7 rings (SSSR count). The molecule has 18 heteroatoms. The number of rotatable bonds is 14. The molecule has 0 fully saturated rings. The number of aliphatic hydroxyl groups is 1. The number of aliphatic hydroxyl groups excluding tert-OH is 1. The third-order valence-electron chi connectivity index (χ3n) is 7.92. The first-order valence-corrected chi connectivity index (χ1v) is 17.6. The smallest absolute Gasteiger partial charge is 0.488 e. The van der Waals surface area contributed by atoms with Gasteiger partial charge in [-0.25, -0.2) is 0 Å². The summed E-state index contributed by atoms with van der Waals surface area (Å²) < 4.78 is 21.1. The van der Waals surface area contributed by atoms with Crippen LogP contribution in [0.5, 0.6) is 23.0 Å². The Morgan fingerprint density at radius 1 is 0.638 bits per heavy atom. The number of hydrogen-bond acceptors (Lipinski definition) is 15. The second-order valence-corrected chi connectivity index (χ2v) is 11.8. The van der Waals surface area contributed by atoms with Crippen LogP contribution in [-0.4, -0.2) is 97.2 Å². The van der Waals surface area contributed by atoms with Gasteiger partial charge < -0.3 is 45.2 Å². The molecule has 0 aliphatic rings. The molecule has 17 nitrogen and oxygen atoms in total. The SMILES string of the molecule is C.COc1cccc(B(O)O)c1.COc1cccc(Nc2ccccc2-c2nnn(CCOc3cccc(OC)c3)n2)c1.Nc1ccccc1-c1nnn(CCO)n1. The molecule has 0 bridgehead atoms. The molecule has 0 unspecified atom stereocenters. The molecule has 302 valence electrons. The zero-order valence-electron chi connectivity index (χ0n) is 31.6. The van der Waals surface area contributed by atoms with Crippen molar-refractivity contribution in [1.29, 1.82) is 0 Å². The Bertz CT molecular complexity index is 2290. The highest BCUT2D eigenvalue weighted by molar-refractivity contribution is 6.58. The summed E-state index contributed by atoms with van der Waals surface area (Å²) in [6.45, 7) is 1.20. The first kappa shape index (κ1) is 43.7. The lowest BCUT2D eigenvalue weighted by Gasteiger charge is -2.11. The molecular formula is C40H47BN10O7. The average Bonchev–Trinajstić information content (AvgIpc) is 3.92. The van der Waals surface area contributed by atoms with E-state index in [4.69, 9.17) is 39.8 Å². The molecule has 0 atom stereocenters. The Kier molecular flexibility index (Phi) is 17.0. The molecule has 2 heterocycles. The molecular weight excluding hydrogens is 743 g/mol. The third kappa shape index (κ3) is 12.8. The number of aromatic nitrogens is 8. The van der Waals surface area contributed by atoms with Gasteiger partial charge in [0.05, 0.1) is 41.0 Å². The molecule has 0 saturated heterocycles. The quantitative estimate of drug-likeness (QED) is 0.0773. The van der Waals surface area contributed by atoms with Crippen LogP contribution in [-0.2, 0) is 13.1 Å². The van der Waals surface area contributed by atoms with Crippen molar-refractivity contribution in [3.8, 4) is 45.8 Å². The van der Waals surface area contributed by atoms with E-state index in [-0.39, 0.29) is 14.0 Å². The molecule has 7 aromatic rings. The van der Waals surface area contributed by atoms with Gasteiger partial charge in [0.1, 0.15) is 29.6 Å². The maximum atomic E-state index is 8.74. The Hall–Kier alpha value is -7.02. The molecule has 5 aromatic carbocycles. The van der Waals surface area contributed by atoms with Crippen molar-refractivity contribution in [2.24, 2.45) is 0 Å². The van der Waals surface area contributed by atoms with E-state index in [2.05, 4.69) is 36.1 Å². The van der Waals surface area contributed by atoms with Gasteiger partial charge in [0.2, 0.25) is 11.6 Å². The standard InChI is InChI=1S/C23H23N5O3.C9H11N5O.C7H9BO3.CH4/c1-29-18-8-5-7-17(15-18)24-22-12-4-3-11-21(22)23-25-27-28(26-23)13-14-31-20-10-6-9-19(16-20)30-2;10-8-4-2-1-3-7(8)9-11-13-14(12-9)5-6-15;1-11-7-4-2-3-6(5-7)8(9)10;/h3-12,15-16,24H,13-14H2,1-2H3;1-4,15H,5-6,10H2;2-5,9-10H,1H3;1H4. The lowest BCUT2D eigenvalue weighted by Crippen LogP contribution is -2.29. The first-order valence-electron chi connectivity index (χ1n) is 17.6. The summed E-state index contributed by atoms with van der Waals surface area (Å²) in [6, 6.07) is 37.0. The second kappa shape index (κ2) is 22.5. The summed E-state index contributed by atoms with van der Waals surface area (Å²) in [5, 5.41) is 54.2. The largest absolute Gasteiger partial charge is 0.497 e. The molecule has 0 aliphatic carbocycles. The number of nitrogens with one attached hydrogen (secondary N) is 1. The van der Waals surface area contributed by atoms with Gasteiger partial charge in [0.25, 0.3) is 0 Å². The molecule has 0 amide bonds. The summed E-state index contributed by atoms with van der Waals surface area (Å²) >= 11 is 0. The summed E-state index contributed by atoms with van der Waals surface area (Å²) in [5.74, 6) is 3.89. The van der Waals surface area contributed by atoms with Gasteiger partial charge in [-0.1, -0.05) is 56.0 Å². The van der Waals surface area contributed by atoms with Gasteiger partial charge in [-0.2, -0.15) is 9.59 Å². The molecule has 0 saturated carbocycles. The van der Waals surface area contributed by atoms with Crippen molar-refractivity contribution < 1.29 is 34.1 Å². The minimum atomic E-state index is -1.43. The maximum Gasteiger partial charge on any atom is 0.488 e. The van der Waals surface area contributed by atoms with Crippen molar-refractivity contribution >= 4 is 29.6 Å². The van der Waals surface area contributed by atoms with E-state index in [0.717, 1.165) is 39.8 Å². The highest BCUT2D eigenvalue weighted by Gasteiger charge is 2.13. The van der Waals surface area contributed by atoms with Crippen LogP contribution in [0.25, 0.3) is 22.8 Å². The lowest BCUT2D eigenvalue weighted by atomic mass is 9.80. The molecule has 58 heavy (non-hydrogen) atoms. The topological polar surface area (TPSA) is 223 Å². The predicted molar refractivity (Wildman–Crippen MR) is 222 cm³/mol. The minimum Gasteiger partial charge on any atom is -0.497 e. The van der Waals surface area contributed by atoms with Crippen LogP contribution in [0.3, 0.4) is 0 Å². The van der Waals surface area contributed by atoms with Gasteiger partial charge in [0, 0.05) is 40.3 Å². The van der Waals surface area contributed by atoms with Crippen molar-refractivity contribution in [1.82, 2.24) is 40.4 Å². The highest BCUT2D eigenvalue weighted by atomic mass is 16.5. The first-order chi connectivity index (χ1) is 27.8. The predicted octanol–water partition coefficient (Wildman–Crippen LogP) is 4.11. The summed E-state index contributed by atoms with van der Waals surface area (Å²) in [5.41, 5.74) is 10.2. The highest BCUT2D eigenvalue weighted by Crippen LogP contribution is 2.29. The number of tetrazole rings is 2. The van der Waals surface area contributed by atoms with E-state index in [9.17, 15) is 0 Å². The maximum absolute atomic E-state index is 8.74. The fourth-order valence-corrected chi connectivity index (χ4v) is 5.06. The Balaban J connectivity index is 0.000000228. The third-order valence-corrected chi connectivity index (χ3v) is 7.92. The number of methoxy groups -OCH3 is 3. The Morgan fingerprint density at radius 2 is 1.19 bits per heavy atom. The van der Waals surface area contributed by atoms with Crippen molar-refractivity contribution in [2.45, 2.75) is 20.5 Å². The average molecular weight is 791 g/mol. The normalized spacial score (nSPS) is 10.1. The fraction of sp³-hybridized carbons (Fsp3) is 0.200. The van der Waals surface area contributed by atoms with Gasteiger partial charge in [-0.3, -0.25) is 0 Å². The van der Waals surface area contributed by atoms with Crippen molar-refractivity contribution in [2.75, 3.05) is 45.6 Å². The van der Waals surface area contributed by atoms with Crippen LogP contribution < -0.4 is 35.5 Å². The zero-order chi connectivity index (χ0) is 40.4. The van der Waals surface area contributed by atoms with Gasteiger partial charge in [-0.05, 0) is 76.6 Å². The van der Waals surface area contributed by atoms with Crippen molar-refractivity contribution in [3.63, 3.8) is 0 Å². The molecule has 2 aromatic heterocycles. The number of anilines is 3. The molecule has 0 spiro atoms. The van der Waals surface area contributed by atoms with Crippen LogP contribution in [0.1, 0.15) is 7.43 Å². The van der Waals surface area contributed by atoms with Crippen molar-refractivity contribution in [3.05, 3.63) is 121 Å². The van der Waals surface area contributed by atoms with E-state index in [0.29, 0.717) is 48.2 Å². The zero-order valence-corrected chi connectivity index (χ0v) is 31.6. The monoisotopic (exact) mass is 790 g/mol. The van der Waals surface area contributed by atoms with Gasteiger partial charge >= 0.3 is 7.12 Å². The van der Waals surface area contributed by atoms with Crippen LogP contribution in [0.15, 0.2) is 121 Å². The number of benzene rings is 5. The number of nitrogens with two attached hydrogens (primary N) is 1. The molecule has 0 aliphatic heterocycles. The van der Waals surface area contributed by atoms with Crippen LogP contribution in [0.2, 0.25) is 0 Å². The van der Waals surface area contributed by atoms with Gasteiger partial charge in [-0.15, -0.1) is 20.4 Å². The number of nitrogens with zero attached hydrogens (tertiary/aromatic N) is 8. The summed E-state index contributed by atoms with van der Waals surface area (Å²) in [7, 11) is 3.38. The number of ether oxygens (including phenoxy) is 4. The number of para-hydroxylation sites is 2. The van der Waals surface area contributed by atoms with E-state index in [1.165, 1.54) is 16.7 Å². The second-order valence-electron chi connectivity index (χ2n) is 11.8. The van der Waals surface area contributed by atoms with Crippen LogP contribution in [0.4, 0.5) is 17.1 Å². The Morgan fingerprint density at radius 3 is 1.84 bits per heavy atom. The van der Waals surface area contributed by atoms with E-state index in [1.807, 2.05) is 91.0 Å². The van der Waals surface area contributed by atoms with E-state index >= 15 is 0 Å². The van der Waals surface area contributed by atoms with E-state index in [1.54, 1.807) is 44.6 Å². The number of nitrogen functional groups attached to an aromatic ring is 1. The van der Waals surface area contributed by atoms with Gasteiger partial charge in [0.15, 0.2) is 0 Å². The summed E-state index contributed by atoms with van der Waals surface area (Å²) in [6.07, 6.45) is 0. The molecule has 6 N–H and O–H groups in total. The fourth-order valence-electron chi connectivity index (χ4n) is 5.06. The molecule has 0 radical (unpaired) electrons. The number of hydrogen-bond donors (Lipinski definition) is 5. The lowest BCUT2D eigenvalue weighted by molar-refractivity contribution is 0.259. The Labute approximate surface area is 336 Å². The van der Waals surface area contributed by atoms with E-state index < -0.39 is 7.12 Å². The van der Waals surface area contributed by atoms with Crippen LogP contribution in [0, 0.1) is 0 Å². The minimum absolute atomic E-state index is 0. The van der Waals surface area contributed by atoms with Crippen LogP contribution >= 0.6 is 0 Å². The summed E-state index contributed by atoms with van der Waals surface area (Å²) in [4.78, 5) is 2.86.